The molecule has 5 aliphatic rings. The van der Waals surface area contributed by atoms with Gasteiger partial charge in [-0.15, -0.1) is 0 Å². The van der Waals surface area contributed by atoms with Gasteiger partial charge in [0, 0.05) is 56.6 Å². The molecule has 5 N–H and O–H groups in total. The van der Waals surface area contributed by atoms with Crippen molar-refractivity contribution in [2.75, 3.05) is 69.3 Å². The Balaban J connectivity index is 0.826. The number of hydroxylamine groups is 1. The quantitative estimate of drug-likeness (QED) is 0.175. The number of nitrogens with one attached hydrogen (secondary N) is 2. The van der Waals surface area contributed by atoms with Crippen molar-refractivity contribution in [2.45, 2.75) is 108 Å². The average molecular weight is 790 g/mol. The number of aromatic nitrogens is 2. The lowest BCUT2D eigenvalue weighted by Crippen LogP contribution is -2.54. The average Bonchev–Trinajstić information content (AvgIpc) is 3.21. The number of Topliss-reactive ketones (excluding diaryl/α,β-unsaturated/α-hetero) is 1. The van der Waals surface area contributed by atoms with E-state index in [4.69, 9.17) is 19.9 Å². The number of likely N-dealkylation sites (tertiary alicyclic amines) is 2. The third-order valence-corrected chi connectivity index (χ3v) is 12.8. The van der Waals surface area contributed by atoms with Crippen molar-refractivity contribution < 1.29 is 39.3 Å². The molecule has 7 rings (SSSR count). The predicted molar refractivity (Wildman–Crippen MR) is 211 cm³/mol. The minimum atomic E-state index is -1.47. The fourth-order valence-electron chi connectivity index (χ4n) is 9.26. The molecule has 2 aromatic heterocycles. The molecule has 0 unspecified atom stereocenters. The van der Waals surface area contributed by atoms with Crippen molar-refractivity contribution in [2.24, 2.45) is 11.8 Å². The summed E-state index contributed by atoms with van der Waals surface area (Å²) in [7, 11) is 0. The van der Waals surface area contributed by atoms with Crippen LogP contribution in [0.1, 0.15) is 93.1 Å². The summed E-state index contributed by atoms with van der Waals surface area (Å²) < 4.78 is 0. The number of amides is 1. The zero-order chi connectivity index (χ0) is 40.0. The van der Waals surface area contributed by atoms with Gasteiger partial charge in [0.25, 0.3) is 5.91 Å². The van der Waals surface area contributed by atoms with Gasteiger partial charge in [-0.05, 0) is 125 Å². The number of pyridine rings is 2. The summed E-state index contributed by atoms with van der Waals surface area (Å²) in [5, 5.41) is 39.2. The lowest BCUT2D eigenvalue weighted by Gasteiger charge is -2.39. The Hall–Kier alpha value is -4.18. The van der Waals surface area contributed by atoms with E-state index in [0.717, 1.165) is 87.1 Å². The van der Waals surface area contributed by atoms with E-state index < -0.39 is 23.1 Å². The number of rotatable bonds is 14. The summed E-state index contributed by atoms with van der Waals surface area (Å²) >= 11 is 0. The van der Waals surface area contributed by atoms with Crippen LogP contribution in [0.3, 0.4) is 0 Å². The highest BCUT2D eigenvalue weighted by molar-refractivity contribution is 5.89. The number of piperidine rings is 2. The Kier molecular flexibility index (Phi) is 13.1. The maximum atomic E-state index is 13.4. The van der Waals surface area contributed by atoms with E-state index >= 15 is 0 Å². The van der Waals surface area contributed by atoms with Gasteiger partial charge in [0.05, 0.1) is 19.6 Å². The van der Waals surface area contributed by atoms with Crippen LogP contribution in [-0.4, -0.2) is 129 Å². The minimum absolute atomic E-state index is 0.0452. The zero-order valence-corrected chi connectivity index (χ0v) is 33.1. The Labute approximate surface area is 334 Å². The molecular formula is C42H59N7O8. The van der Waals surface area contributed by atoms with Gasteiger partial charge in [0.1, 0.15) is 17.0 Å². The summed E-state index contributed by atoms with van der Waals surface area (Å²) in [6, 6.07) is 8.29. The van der Waals surface area contributed by atoms with E-state index in [-0.39, 0.29) is 56.4 Å². The van der Waals surface area contributed by atoms with Crippen molar-refractivity contribution >= 4 is 35.3 Å². The van der Waals surface area contributed by atoms with Gasteiger partial charge < -0.3 is 30.8 Å². The summed E-state index contributed by atoms with van der Waals surface area (Å²) in [5.41, 5.74) is 1.32. The first-order valence-electron chi connectivity index (χ1n) is 21.1. The van der Waals surface area contributed by atoms with Crippen molar-refractivity contribution in [1.29, 1.82) is 0 Å². The number of aliphatic hydroxyl groups is 2. The van der Waals surface area contributed by atoms with Gasteiger partial charge in [0.15, 0.2) is 11.6 Å². The number of nitrogens with zero attached hydrogens (tertiary/aromatic N) is 5. The van der Waals surface area contributed by atoms with Crippen LogP contribution >= 0.6 is 0 Å². The minimum Gasteiger partial charge on any atom is -0.480 e. The molecule has 4 aliphatic heterocycles. The standard InChI is InChI=1S/C42H59N7O8/c50-35(51)27-47-22-15-41(55,16-23-47)37(53)30-9-7-29(8-10-30)26-34-14-12-32-5-3-21-49(39(32)46-34)57-36(52)28-48-24-17-42(56,18-25-48)40(54)44-20-2-6-33-13-11-31-4-1-19-43-38(31)45-33/h11-14,29-30,55-56H,1-10,15-28H2,(H,43,45)(H,44,54)(H,50,51). The summed E-state index contributed by atoms with van der Waals surface area (Å²) in [6.07, 6.45) is 10.2. The van der Waals surface area contributed by atoms with Gasteiger partial charge in [-0.1, -0.05) is 12.1 Å². The largest absolute Gasteiger partial charge is 0.480 e. The number of carbonyl (C=O) groups is 4. The molecule has 57 heavy (non-hydrogen) atoms. The highest BCUT2D eigenvalue weighted by atomic mass is 16.7. The van der Waals surface area contributed by atoms with Gasteiger partial charge in [-0.2, -0.15) is 5.06 Å². The fourth-order valence-corrected chi connectivity index (χ4v) is 9.26. The van der Waals surface area contributed by atoms with E-state index in [1.807, 2.05) is 17.0 Å². The monoisotopic (exact) mass is 789 g/mol. The molecule has 15 heteroatoms. The Morgan fingerprint density at radius 2 is 1.47 bits per heavy atom. The smallest absolute Gasteiger partial charge is 0.346 e. The van der Waals surface area contributed by atoms with Gasteiger partial charge in [-0.3, -0.25) is 24.2 Å². The van der Waals surface area contributed by atoms with Crippen LogP contribution in [0.2, 0.25) is 0 Å². The number of fused-ring (bicyclic) bond motifs is 2. The van der Waals surface area contributed by atoms with Crippen LogP contribution in [0.15, 0.2) is 24.3 Å². The van der Waals surface area contributed by atoms with Crippen LogP contribution in [-0.2, 0) is 49.7 Å². The maximum Gasteiger partial charge on any atom is 0.346 e. The second-order valence-corrected chi connectivity index (χ2v) is 16.9. The molecule has 15 nitrogen and oxygen atoms in total. The molecule has 6 heterocycles. The zero-order valence-electron chi connectivity index (χ0n) is 33.1. The van der Waals surface area contributed by atoms with E-state index in [1.165, 1.54) is 5.56 Å². The first-order chi connectivity index (χ1) is 27.5. The molecule has 1 amide bonds. The number of ketones is 1. The predicted octanol–water partition coefficient (Wildman–Crippen LogP) is 2.45. The maximum absolute atomic E-state index is 13.4. The molecule has 1 aliphatic carbocycles. The Morgan fingerprint density at radius 3 is 2.21 bits per heavy atom. The van der Waals surface area contributed by atoms with Crippen LogP contribution in [0.4, 0.5) is 11.6 Å². The number of hydrogen-bond acceptors (Lipinski definition) is 13. The molecule has 2 aromatic rings. The fraction of sp³-hybridized carbons (Fsp3) is 0.667. The Morgan fingerprint density at radius 1 is 0.807 bits per heavy atom. The van der Waals surface area contributed by atoms with Gasteiger partial charge in [0.2, 0.25) is 0 Å². The Bertz CT molecular complexity index is 1770. The molecule has 1 saturated carbocycles. The normalized spacial score (nSPS) is 23.4. The lowest BCUT2D eigenvalue weighted by molar-refractivity contribution is -0.151. The van der Waals surface area contributed by atoms with E-state index in [2.05, 4.69) is 22.8 Å². The molecule has 310 valence electrons. The first-order valence-corrected chi connectivity index (χ1v) is 21.1. The lowest BCUT2D eigenvalue weighted by atomic mass is 9.72. The van der Waals surface area contributed by atoms with E-state index in [0.29, 0.717) is 63.8 Å². The molecular weight excluding hydrogens is 731 g/mol. The second-order valence-electron chi connectivity index (χ2n) is 16.9. The summed E-state index contributed by atoms with van der Waals surface area (Å²) in [5.74, 6) is 0.00923. The highest BCUT2D eigenvalue weighted by Gasteiger charge is 2.44. The number of carboxylic acid groups (broad SMARTS) is 1. The summed E-state index contributed by atoms with van der Waals surface area (Å²) in [4.78, 5) is 69.8. The molecule has 0 radical (unpaired) electrons. The molecule has 0 atom stereocenters. The van der Waals surface area contributed by atoms with Crippen molar-refractivity contribution in [3.8, 4) is 0 Å². The first kappa shape index (κ1) is 41.0. The SMILES string of the molecule is O=C(O)CN1CCC(O)(C(=O)C2CCC(Cc3ccc4c(n3)N(OC(=O)CN3CCC(O)(C(=O)NCCCc5ccc6c(n5)NCCC6)CC3)CCC4)CC2)CC1. The van der Waals surface area contributed by atoms with Crippen LogP contribution in [0, 0.1) is 11.8 Å². The molecule has 0 aromatic carbocycles. The van der Waals surface area contributed by atoms with Crippen LogP contribution in [0.25, 0.3) is 0 Å². The van der Waals surface area contributed by atoms with Crippen molar-refractivity contribution in [1.82, 2.24) is 25.1 Å². The van der Waals surface area contributed by atoms with Gasteiger partial charge >= 0.3 is 11.9 Å². The molecule has 2 saturated heterocycles. The third-order valence-electron chi connectivity index (χ3n) is 12.8. The molecule has 0 spiro atoms. The van der Waals surface area contributed by atoms with E-state index in [9.17, 15) is 29.4 Å². The number of aliphatic carboxylic acids is 1. The highest BCUT2D eigenvalue weighted by Crippen LogP contribution is 2.37. The van der Waals surface area contributed by atoms with Crippen LogP contribution in [0.5, 0.6) is 0 Å². The third kappa shape index (κ3) is 10.3. The second kappa shape index (κ2) is 18.2. The number of anilines is 2. The number of aryl methyl sites for hydroxylation is 3. The number of carbonyl (C=O) groups excluding carboxylic acids is 3. The van der Waals surface area contributed by atoms with Crippen LogP contribution < -0.4 is 15.7 Å². The number of hydrogen-bond donors (Lipinski definition) is 5. The topological polar surface area (TPSA) is 198 Å². The number of carboxylic acids is 1. The van der Waals surface area contributed by atoms with E-state index in [1.54, 1.807) is 9.96 Å². The summed E-state index contributed by atoms with van der Waals surface area (Å²) in [6.45, 7) is 3.48. The molecule has 3 fully saturated rings. The van der Waals surface area contributed by atoms with Crippen molar-refractivity contribution in [3.63, 3.8) is 0 Å². The van der Waals surface area contributed by atoms with Crippen molar-refractivity contribution in [3.05, 3.63) is 46.8 Å². The van der Waals surface area contributed by atoms with Gasteiger partial charge in [-0.25, -0.2) is 14.8 Å². The molecule has 0 bridgehead atoms.